The lowest BCUT2D eigenvalue weighted by molar-refractivity contribution is -0.117. The van der Waals surface area contributed by atoms with Crippen molar-refractivity contribution in [2.45, 2.75) is 32.7 Å². The van der Waals surface area contributed by atoms with Gasteiger partial charge in [0.15, 0.2) is 0 Å². The maximum atomic E-state index is 10.6. The number of hydrogen-bond acceptors (Lipinski definition) is 4. The molecule has 0 spiro atoms. The van der Waals surface area contributed by atoms with Crippen molar-refractivity contribution in [3.05, 3.63) is 12.2 Å². The Bertz CT molecular complexity index is 350. The van der Waals surface area contributed by atoms with Crippen LogP contribution in [0.2, 0.25) is 0 Å². The van der Waals surface area contributed by atoms with Crippen LogP contribution in [-0.2, 0) is 11.3 Å². The number of Topliss-reactive ketones (excluding diaryl/α,β-unsaturated/α-hetero) is 1. The van der Waals surface area contributed by atoms with E-state index >= 15 is 0 Å². The van der Waals surface area contributed by atoms with Crippen molar-refractivity contribution in [1.29, 1.82) is 5.26 Å². The van der Waals surface area contributed by atoms with Gasteiger partial charge in [-0.2, -0.15) is 5.26 Å². The van der Waals surface area contributed by atoms with Gasteiger partial charge in [-0.15, -0.1) is 5.10 Å². The predicted octanol–water partition coefficient (Wildman–Crippen LogP) is 0.909. The third-order valence-corrected chi connectivity index (χ3v) is 1.80. The van der Waals surface area contributed by atoms with Crippen molar-refractivity contribution in [2.75, 3.05) is 0 Å². The van der Waals surface area contributed by atoms with Gasteiger partial charge in [-0.05, 0) is 19.8 Å². The average Bonchev–Trinajstić information content (AvgIpc) is 2.60. The quantitative estimate of drug-likeness (QED) is 0.650. The molecule has 0 aliphatic rings. The molecule has 0 N–H and O–H groups in total. The topological polar surface area (TPSA) is 71.6 Å². The Hall–Kier alpha value is -1.70. The van der Waals surface area contributed by atoms with Crippen LogP contribution in [0.25, 0.3) is 0 Å². The van der Waals surface area contributed by atoms with Gasteiger partial charge in [0.25, 0.3) is 5.82 Å². The van der Waals surface area contributed by atoms with Gasteiger partial charge in [0.05, 0.1) is 0 Å². The minimum Gasteiger partial charge on any atom is -0.300 e. The highest BCUT2D eigenvalue weighted by atomic mass is 16.1. The number of aryl methyl sites for hydroxylation is 1. The van der Waals surface area contributed by atoms with Crippen LogP contribution in [0.1, 0.15) is 32.0 Å². The van der Waals surface area contributed by atoms with E-state index in [9.17, 15) is 4.79 Å². The first-order valence-electron chi connectivity index (χ1n) is 4.51. The standard InChI is InChI=1S/C9H12N4O/c1-8(14)4-2-3-5-13-7-11-9(6-10)12-13/h7H,2-5H2,1H3. The van der Waals surface area contributed by atoms with E-state index in [1.54, 1.807) is 11.6 Å². The van der Waals surface area contributed by atoms with Gasteiger partial charge in [-0.1, -0.05) is 0 Å². The predicted molar refractivity (Wildman–Crippen MR) is 49.3 cm³/mol. The van der Waals surface area contributed by atoms with E-state index in [1.165, 1.54) is 6.33 Å². The van der Waals surface area contributed by atoms with Crippen LogP contribution in [0.5, 0.6) is 0 Å². The summed E-state index contributed by atoms with van der Waals surface area (Å²) in [6, 6.07) is 1.86. The van der Waals surface area contributed by atoms with Crippen LogP contribution < -0.4 is 0 Å². The van der Waals surface area contributed by atoms with Crippen LogP contribution in [0.4, 0.5) is 0 Å². The summed E-state index contributed by atoms with van der Waals surface area (Å²) < 4.78 is 1.62. The Morgan fingerprint density at radius 2 is 2.43 bits per heavy atom. The van der Waals surface area contributed by atoms with Crippen molar-refractivity contribution in [3.63, 3.8) is 0 Å². The molecule has 1 aromatic rings. The van der Waals surface area contributed by atoms with Crippen molar-refractivity contribution >= 4 is 5.78 Å². The molecule has 0 atom stereocenters. The lowest BCUT2D eigenvalue weighted by atomic mass is 10.2. The number of nitrogens with zero attached hydrogens (tertiary/aromatic N) is 4. The Morgan fingerprint density at radius 3 is 3.00 bits per heavy atom. The van der Waals surface area contributed by atoms with E-state index in [-0.39, 0.29) is 11.6 Å². The minimum atomic E-state index is 0.191. The van der Waals surface area contributed by atoms with Gasteiger partial charge in [0.2, 0.25) is 0 Å². The smallest absolute Gasteiger partial charge is 0.252 e. The molecule has 0 aliphatic carbocycles. The molecule has 0 amide bonds. The molecule has 5 heteroatoms. The average molecular weight is 192 g/mol. The summed E-state index contributed by atoms with van der Waals surface area (Å²) >= 11 is 0. The fourth-order valence-corrected chi connectivity index (χ4v) is 1.10. The second-order valence-electron chi connectivity index (χ2n) is 3.10. The number of carbonyl (C=O) groups is 1. The van der Waals surface area contributed by atoms with E-state index in [4.69, 9.17) is 5.26 Å². The number of rotatable bonds is 5. The molecule has 5 nitrogen and oxygen atoms in total. The number of carbonyl (C=O) groups excluding carboxylic acids is 1. The fraction of sp³-hybridized carbons (Fsp3) is 0.556. The first-order chi connectivity index (χ1) is 6.72. The van der Waals surface area contributed by atoms with E-state index < -0.39 is 0 Å². The maximum absolute atomic E-state index is 10.6. The number of ketones is 1. The Morgan fingerprint density at radius 1 is 1.64 bits per heavy atom. The summed E-state index contributed by atoms with van der Waals surface area (Å²) in [5.41, 5.74) is 0. The molecule has 0 radical (unpaired) electrons. The second kappa shape index (κ2) is 5.12. The van der Waals surface area contributed by atoms with Gasteiger partial charge >= 0.3 is 0 Å². The van der Waals surface area contributed by atoms with Crippen LogP contribution in [-0.4, -0.2) is 20.5 Å². The van der Waals surface area contributed by atoms with Crippen LogP contribution in [0.15, 0.2) is 6.33 Å². The molecule has 0 saturated carbocycles. The molecule has 0 unspecified atom stereocenters. The molecular formula is C9H12N4O. The van der Waals surface area contributed by atoms with E-state index in [0.717, 1.165) is 12.8 Å². The van der Waals surface area contributed by atoms with Crippen LogP contribution >= 0.6 is 0 Å². The molecule has 1 rings (SSSR count). The molecule has 1 heterocycles. The Balaban J connectivity index is 2.25. The summed E-state index contributed by atoms with van der Waals surface area (Å²) in [7, 11) is 0. The third kappa shape index (κ3) is 3.35. The van der Waals surface area contributed by atoms with E-state index in [1.807, 2.05) is 6.07 Å². The van der Waals surface area contributed by atoms with Gasteiger partial charge in [-0.3, -0.25) is 4.68 Å². The molecular weight excluding hydrogens is 180 g/mol. The lowest BCUT2D eigenvalue weighted by Crippen LogP contribution is -2.00. The first-order valence-corrected chi connectivity index (χ1v) is 4.51. The molecule has 74 valence electrons. The SMILES string of the molecule is CC(=O)CCCCn1cnc(C#N)n1. The van der Waals surface area contributed by atoms with Crippen LogP contribution in [0, 0.1) is 11.3 Å². The Kier molecular flexibility index (Phi) is 3.80. The zero-order valence-corrected chi connectivity index (χ0v) is 8.10. The number of unbranched alkanes of at least 4 members (excludes halogenated alkanes) is 1. The molecule has 0 bridgehead atoms. The fourth-order valence-electron chi connectivity index (χ4n) is 1.10. The van der Waals surface area contributed by atoms with Crippen molar-refractivity contribution < 1.29 is 4.79 Å². The largest absolute Gasteiger partial charge is 0.300 e. The van der Waals surface area contributed by atoms with Gasteiger partial charge in [0, 0.05) is 13.0 Å². The molecule has 0 aromatic carbocycles. The Labute approximate surface area is 82.4 Å². The summed E-state index contributed by atoms with van der Waals surface area (Å²) in [6.07, 6.45) is 3.89. The minimum absolute atomic E-state index is 0.191. The number of nitriles is 1. The highest BCUT2D eigenvalue weighted by Gasteiger charge is 1.99. The summed E-state index contributed by atoms with van der Waals surface area (Å²) in [5, 5.41) is 12.4. The van der Waals surface area contributed by atoms with Gasteiger partial charge in [-0.25, -0.2) is 4.98 Å². The van der Waals surface area contributed by atoms with Crippen molar-refractivity contribution in [2.24, 2.45) is 0 Å². The van der Waals surface area contributed by atoms with Crippen LogP contribution in [0.3, 0.4) is 0 Å². The highest BCUT2D eigenvalue weighted by molar-refractivity contribution is 5.75. The van der Waals surface area contributed by atoms with E-state index in [2.05, 4.69) is 10.1 Å². The molecule has 0 fully saturated rings. The molecule has 0 saturated heterocycles. The normalized spacial score (nSPS) is 9.71. The first kappa shape index (κ1) is 10.4. The monoisotopic (exact) mass is 192 g/mol. The summed E-state index contributed by atoms with van der Waals surface area (Å²) in [6.45, 7) is 2.30. The van der Waals surface area contributed by atoms with Gasteiger partial charge in [0.1, 0.15) is 18.2 Å². The summed E-state index contributed by atoms with van der Waals surface area (Å²) in [4.78, 5) is 14.4. The number of hydrogen-bond donors (Lipinski definition) is 0. The molecule has 1 aromatic heterocycles. The van der Waals surface area contributed by atoms with Crippen molar-refractivity contribution in [3.8, 4) is 6.07 Å². The van der Waals surface area contributed by atoms with Crippen molar-refractivity contribution in [1.82, 2.24) is 14.8 Å². The van der Waals surface area contributed by atoms with E-state index in [0.29, 0.717) is 13.0 Å². The van der Waals surface area contributed by atoms with Gasteiger partial charge < -0.3 is 4.79 Å². The number of aromatic nitrogens is 3. The molecule has 14 heavy (non-hydrogen) atoms. The lowest BCUT2D eigenvalue weighted by Gasteiger charge is -1.98. The zero-order valence-electron chi connectivity index (χ0n) is 8.10. The highest BCUT2D eigenvalue weighted by Crippen LogP contribution is 1.99. The summed E-state index contributed by atoms with van der Waals surface area (Å²) in [5.74, 6) is 0.401. The second-order valence-corrected chi connectivity index (χ2v) is 3.10. The molecule has 0 aliphatic heterocycles. The maximum Gasteiger partial charge on any atom is 0.252 e. The zero-order chi connectivity index (χ0) is 10.4. The third-order valence-electron chi connectivity index (χ3n) is 1.80.